The minimum absolute atomic E-state index is 0.0266. The zero-order valence-corrected chi connectivity index (χ0v) is 22.3. The van der Waals surface area contributed by atoms with Crippen LogP contribution in [-0.4, -0.2) is 54.9 Å². The van der Waals surface area contributed by atoms with Crippen LogP contribution in [0.3, 0.4) is 0 Å². The van der Waals surface area contributed by atoms with Crippen LogP contribution >= 0.6 is 11.3 Å². The van der Waals surface area contributed by atoms with Gasteiger partial charge in [-0.2, -0.15) is 0 Å². The molecule has 0 bridgehead atoms. The van der Waals surface area contributed by atoms with Crippen LogP contribution < -0.4 is 16.8 Å². The molecule has 0 radical (unpaired) electrons. The maximum absolute atomic E-state index is 13.0. The molecule has 14 heteroatoms. The number of fused-ring (bicyclic) bond motifs is 3. The third kappa shape index (κ3) is 5.47. The first-order chi connectivity index (χ1) is 18.0. The van der Waals surface area contributed by atoms with Gasteiger partial charge in [0.25, 0.3) is 11.6 Å². The standard InChI is InChI=1S/C24H28N6O6S2/c1-29(38(35,36)19-10-3-2-9-18(19)30(33)34)13-5-7-14-6-4-8-15-17(27-14)12-11-16-20(22(25)31)23(28-24(26)32)37-21(15)16/h2-3,8-10,14H,4-7,11-13H2,1H3,(H2,25,31)(H3,26,28,32). The van der Waals surface area contributed by atoms with Crippen LogP contribution in [0.4, 0.5) is 15.5 Å². The molecule has 1 unspecified atom stereocenters. The minimum Gasteiger partial charge on any atom is -0.365 e. The molecule has 1 aromatic carbocycles. The molecule has 2 aliphatic rings. The fraction of sp³-hybridized carbons (Fsp3) is 0.375. The number of amides is 3. The van der Waals surface area contributed by atoms with E-state index in [1.807, 2.05) is 0 Å². The second kappa shape index (κ2) is 11.0. The summed E-state index contributed by atoms with van der Waals surface area (Å²) >= 11 is 1.26. The molecule has 1 aliphatic heterocycles. The lowest BCUT2D eigenvalue weighted by Crippen LogP contribution is -2.29. The summed E-state index contributed by atoms with van der Waals surface area (Å²) < 4.78 is 27.1. The maximum Gasteiger partial charge on any atom is 0.317 e. The van der Waals surface area contributed by atoms with E-state index in [0.717, 1.165) is 38.9 Å². The first-order valence-electron chi connectivity index (χ1n) is 12.0. The van der Waals surface area contributed by atoms with Gasteiger partial charge in [-0.3, -0.25) is 25.2 Å². The topological polar surface area (TPSA) is 191 Å². The van der Waals surface area contributed by atoms with Crippen molar-refractivity contribution in [2.75, 3.05) is 18.9 Å². The van der Waals surface area contributed by atoms with E-state index in [0.29, 0.717) is 30.7 Å². The maximum atomic E-state index is 13.0. The Bertz CT molecular complexity index is 1460. The Morgan fingerprint density at radius 3 is 2.68 bits per heavy atom. The number of hydrogen-bond donors (Lipinski definition) is 3. The molecule has 0 saturated heterocycles. The van der Waals surface area contributed by atoms with E-state index >= 15 is 0 Å². The molecule has 3 amide bonds. The number of para-hydroxylation sites is 1. The molecule has 2 aromatic rings. The molecule has 1 atom stereocenters. The van der Waals surface area contributed by atoms with Gasteiger partial charge in [-0.05, 0) is 50.2 Å². The smallest absolute Gasteiger partial charge is 0.317 e. The van der Waals surface area contributed by atoms with Gasteiger partial charge in [-0.15, -0.1) is 11.3 Å². The highest BCUT2D eigenvalue weighted by molar-refractivity contribution is 7.89. The van der Waals surface area contributed by atoms with Crippen LogP contribution in [0.25, 0.3) is 5.57 Å². The van der Waals surface area contributed by atoms with Crippen molar-refractivity contribution in [1.82, 2.24) is 4.31 Å². The van der Waals surface area contributed by atoms with Gasteiger partial charge in [0.2, 0.25) is 10.0 Å². The number of nitrogens with two attached hydrogens (primary N) is 2. The summed E-state index contributed by atoms with van der Waals surface area (Å²) in [6.07, 6.45) is 5.90. The quantitative estimate of drug-likeness (QED) is 0.311. The summed E-state index contributed by atoms with van der Waals surface area (Å²) in [5.74, 6) is -0.626. The van der Waals surface area contributed by atoms with Crippen molar-refractivity contribution in [3.8, 4) is 0 Å². The molecule has 0 spiro atoms. The lowest BCUT2D eigenvalue weighted by atomic mass is 9.89. The highest BCUT2D eigenvalue weighted by Crippen LogP contribution is 2.43. The average Bonchev–Trinajstić information content (AvgIpc) is 3.08. The van der Waals surface area contributed by atoms with Crippen LogP contribution in [0, 0.1) is 10.1 Å². The number of carbonyl (C=O) groups is 2. The van der Waals surface area contributed by atoms with Crippen molar-refractivity contribution in [2.45, 2.75) is 49.5 Å². The number of nitro groups is 1. The number of benzene rings is 1. The highest BCUT2D eigenvalue weighted by atomic mass is 32.2. The number of allylic oxidation sites excluding steroid dienone is 2. The van der Waals surface area contributed by atoms with E-state index in [9.17, 15) is 28.1 Å². The molecular formula is C24H28N6O6S2. The number of nitrogens with one attached hydrogen (secondary N) is 1. The average molecular weight is 561 g/mol. The van der Waals surface area contributed by atoms with Gasteiger partial charge in [0.1, 0.15) is 5.00 Å². The number of anilines is 1. The van der Waals surface area contributed by atoms with E-state index in [2.05, 4.69) is 11.4 Å². The van der Waals surface area contributed by atoms with Gasteiger partial charge < -0.3 is 11.5 Å². The molecular weight excluding hydrogens is 532 g/mol. The van der Waals surface area contributed by atoms with Crippen LogP contribution in [0.5, 0.6) is 0 Å². The highest BCUT2D eigenvalue weighted by Gasteiger charge is 2.32. The van der Waals surface area contributed by atoms with Crippen LogP contribution in [0.15, 0.2) is 40.2 Å². The zero-order chi connectivity index (χ0) is 27.6. The number of urea groups is 1. The van der Waals surface area contributed by atoms with Crippen molar-refractivity contribution >= 4 is 55.3 Å². The minimum atomic E-state index is -4.02. The summed E-state index contributed by atoms with van der Waals surface area (Å²) in [4.78, 5) is 39.6. The fourth-order valence-corrected chi connectivity index (χ4v) is 7.50. The van der Waals surface area contributed by atoms with Crippen LogP contribution in [-0.2, 0) is 16.4 Å². The SMILES string of the molecule is CN(CCCC1CCC=C2C(=N1)CCc1c2sc(NC(N)=O)c1C(N)=O)S(=O)(=O)c1ccccc1[N+](=O)[O-]. The van der Waals surface area contributed by atoms with Crippen molar-refractivity contribution in [3.05, 3.63) is 56.5 Å². The van der Waals surface area contributed by atoms with Crippen molar-refractivity contribution < 1.29 is 22.9 Å². The summed E-state index contributed by atoms with van der Waals surface area (Å²) in [6, 6.07) is 4.51. The Hall–Kier alpha value is -3.62. The largest absolute Gasteiger partial charge is 0.365 e. The number of thiophene rings is 1. The predicted octanol–water partition coefficient (Wildman–Crippen LogP) is 3.28. The number of carbonyl (C=O) groups excluding carboxylic acids is 2. The van der Waals surface area contributed by atoms with E-state index < -0.39 is 32.6 Å². The number of primary amides is 2. The number of aliphatic imine (C=N–C) groups is 1. The Kier molecular flexibility index (Phi) is 7.94. The number of sulfonamides is 1. The Balaban J connectivity index is 1.46. The van der Waals surface area contributed by atoms with Gasteiger partial charge in [0.05, 0.1) is 16.5 Å². The number of nitrogens with zero attached hydrogens (tertiary/aromatic N) is 3. The number of nitro benzene ring substituents is 1. The van der Waals surface area contributed by atoms with Gasteiger partial charge in [0, 0.05) is 35.8 Å². The van der Waals surface area contributed by atoms with Gasteiger partial charge in [-0.1, -0.05) is 18.2 Å². The molecule has 4 rings (SSSR count). The monoisotopic (exact) mass is 560 g/mol. The van der Waals surface area contributed by atoms with Crippen molar-refractivity contribution in [1.29, 1.82) is 0 Å². The van der Waals surface area contributed by atoms with E-state index in [4.69, 9.17) is 16.5 Å². The summed E-state index contributed by atoms with van der Waals surface area (Å²) in [7, 11) is -2.61. The van der Waals surface area contributed by atoms with E-state index in [-0.39, 0.29) is 23.0 Å². The third-order valence-electron chi connectivity index (χ3n) is 6.60. The number of hydrogen-bond acceptors (Lipinski definition) is 8. The van der Waals surface area contributed by atoms with Crippen molar-refractivity contribution in [3.63, 3.8) is 0 Å². The predicted molar refractivity (Wildman–Crippen MR) is 145 cm³/mol. The molecule has 38 heavy (non-hydrogen) atoms. The molecule has 0 saturated carbocycles. The molecule has 1 aromatic heterocycles. The molecule has 12 nitrogen and oxygen atoms in total. The molecule has 1 aliphatic carbocycles. The summed E-state index contributed by atoms with van der Waals surface area (Å²) in [5.41, 5.74) is 13.3. The summed E-state index contributed by atoms with van der Waals surface area (Å²) in [6.45, 7) is 0.190. The van der Waals surface area contributed by atoms with Crippen LogP contribution in [0.2, 0.25) is 0 Å². The summed E-state index contributed by atoms with van der Waals surface area (Å²) in [5, 5.41) is 14.1. The van der Waals surface area contributed by atoms with Crippen LogP contribution in [0.1, 0.15) is 52.9 Å². The molecule has 5 N–H and O–H groups in total. The van der Waals surface area contributed by atoms with E-state index in [1.54, 1.807) is 0 Å². The van der Waals surface area contributed by atoms with Gasteiger partial charge in [-0.25, -0.2) is 17.5 Å². The second-order valence-corrected chi connectivity index (χ2v) is 12.1. The Morgan fingerprint density at radius 1 is 1.26 bits per heavy atom. The van der Waals surface area contributed by atoms with Gasteiger partial charge in [0.15, 0.2) is 4.90 Å². The molecule has 0 fully saturated rings. The molecule has 202 valence electrons. The van der Waals surface area contributed by atoms with E-state index in [1.165, 1.54) is 42.6 Å². The number of rotatable bonds is 9. The first kappa shape index (κ1) is 27.4. The lowest BCUT2D eigenvalue weighted by Gasteiger charge is -2.20. The zero-order valence-electron chi connectivity index (χ0n) is 20.7. The fourth-order valence-electron chi connectivity index (χ4n) is 4.81. The van der Waals surface area contributed by atoms with Gasteiger partial charge >= 0.3 is 6.03 Å². The Labute approximate surface area is 223 Å². The normalized spacial score (nSPS) is 17.1. The van der Waals surface area contributed by atoms with Crippen molar-refractivity contribution in [2.24, 2.45) is 16.5 Å². The first-order valence-corrected chi connectivity index (χ1v) is 14.3. The second-order valence-electron chi connectivity index (χ2n) is 9.09. The third-order valence-corrected chi connectivity index (χ3v) is 9.69. The molecule has 2 heterocycles. The Morgan fingerprint density at radius 2 is 2.00 bits per heavy atom. The lowest BCUT2D eigenvalue weighted by molar-refractivity contribution is -0.387.